The van der Waals surface area contributed by atoms with Crippen molar-refractivity contribution >= 4 is 17.9 Å². The Kier molecular flexibility index (Phi) is 18.3. The van der Waals surface area contributed by atoms with Gasteiger partial charge in [0.1, 0.15) is 17.3 Å². The topological polar surface area (TPSA) is 176 Å². The van der Waals surface area contributed by atoms with Gasteiger partial charge in [-0.25, -0.2) is 9.59 Å². The third-order valence-corrected chi connectivity index (χ3v) is 15.7. The Balaban J connectivity index is 1.46. The molecule has 6 rings (SSSR count). The maximum Gasteiger partial charge on any atom is 0.338 e. The third kappa shape index (κ3) is 12.5. The van der Waals surface area contributed by atoms with Crippen molar-refractivity contribution < 1.29 is 71.6 Å². The molecule has 4 saturated heterocycles. The fraction of sp³-hybridized carbons (Fsp3) is 0.727. The minimum Gasteiger partial charge on any atom is -0.459 e. The first-order chi connectivity index (χ1) is 33.3. The molecule has 2 unspecified atom stereocenters. The predicted molar refractivity (Wildman–Crippen MR) is 263 cm³/mol. The normalized spacial score (nSPS) is 41.3. The maximum absolute atomic E-state index is 15.0. The van der Waals surface area contributed by atoms with Gasteiger partial charge in [-0.1, -0.05) is 64.1 Å². The molecule has 2 aromatic rings. The zero-order valence-electron chi connectivity index (χ0n) is 44.9. The van der Waals surface area contributed by atoms with Crippen LogP contribution >= 0.6 is 0 Å². The number of methoxy groups -OCH3 is 2. The summed E-state index contributed by atoms with van der Waals surface area (Å²) in [5.41, 5.74) is -3.18. The van der Waals surface area contributed by atoms with E-state index in [4.69, 9.17) is 52.1 Å². The van der Waals surface area contributed by atoms with Crippen molar-refractivity contribution in [1.29, 1.82) is 0 Å². The van der Waals surface area contributed by atoms with E-state index in [9.17, 15) is 19.5 Å². The number of rotatable bonds is 12. The summed E-state index contributed by atoms with van der Waals surface area (Å²) in [6, 6.07) is 17.2. The quantitative estimate of drug-likeness (QED) is 0.161. The van der Waals surface area contributed by atoms with Gasteiger partial charge in [0, 0.05) is 32.5 Å². The summed E-state index contributed by atoms with van der Waals surface area (Å²) >= 11 is 0. The smallest absolute Gasteiger partial charge is 0.338 e. The molecule has 0 amide bonds. The van der Waals surface area contributed by atoms with Gasteiger partial charge in [0.05, 0.1) is 65.3 Å². The Labute approximate surface area is 421 Å². The van der Waals surface area contributed by atoms with E-state index in [1.807, 2.05) is 86.5 Å². The number of benzene rings is 2. The Morgan fingerprint density at radius 3 is 1.85 bits per heavy atom. The van der Waals surface area contributed by atoms with Crippen molar-refractivity contribution in [3.05, 3.63) is 71.8 Å². The van der Waals surface area contributed by atoms with Crippen molar-refractivity contribution in [2.45, 2.75) is 205 Å². The average Bonchev–Trinajstić information content (AvgIpc) is 3.33. The number of fused-ring (bicyclic) bond motifs is 2. The molecule has 398 valence electrons. The van der Waals surface area contributed by atoms with Crippen LogP contribution < -0.4 is 0 Å². The first-order valence-electron chi connectivity index (χ1n) is 25.5. The number of carbonyl (C=O) groups excluding carboxylic acids is 3. The van der Waals surface area contributed by atoms with Gasteiger partial charge < -0.3 is 62.1 Å². The molecule has 16 nitrogen and oxygen atoms in total. The number of hydrogen-bond donors (Lipinski definition) is 1. The Morgan fingerprint density at radius 1 is 0.732 bits per heavy atom. The van der Waals surface area contributed by atoms with Crippen LogP contribution in [-0.4, -0.2) is 152 Å². The van der Waals surface area contributed by atoms with Gasteiger partial charge in [0.25, 0.3) is 0 Å². The second-order valence-electron chi connectivity index (χ2n) is 21.9. The monoisotopic (exact) mass is 998 g/mol. The van der Waals surface area contributed by atoms with Gasteiger partial charge in [-0.2, -0.15) is 0 Å². The molecule has 0 aliphatic carbocycles. The summed E-state index contributed by atoms with van der Waals surface area (Å²) in [5, 5.41) is 12.6. The van der Waals surface area contributed by atoms with Gasteiger partial charge >= 0.3 is 17.9 Å². The highest BCUT2D eigenvalue weighted by atomic mass is 16.7. The van der Waals surface area contributed by atoms with Crippen LogP contribution in [0.15, 0.2) is 60.7 Å². The summed E-state index contributed by atoms with van der Waals surface area (Å²) < 4.78 is 72.9. The SMILES string of the molecule is CC[C@H]1OC(=O)[C@H](C)[C@@H](OC2C[C@@](C)(OC)[C@@H](OC(=O)c3ccccc3)[C@H](C)O2)[C@H](C)[C@@H](OC2O[C@H](C)C[C@H](N(C)C)[C@H]2OC(=O)c2ccccc2)[C@@](C)(OC)C[C@@H](C)[C@@H]2OC(C)(C)O[C@H]([C@H]2C)[C@]1(C)O. The number of cyclic esters (lactones) is 1. The van der Waals surface area contributed by atoms with E-state index in [2.05, 4.69) is 6.92 Å². The van der Waals surface area contributed by atoms with Crippen LogP contribution in [0.25, 0.3) is 0 Å². The number of nitrogens with zero attached hydrogens (tertiary/aromatic N) is 1. The molecular weight excluding hydrogens is 915 g/mol. The van der Waals surface area contributed by atoms with E-state index in [1.165, 1.54) is 0 Å². The zero-order valence-corrected chi connectivity index (χ0v) is 44.9. The number of aliphatic hydroxyl groups is 1. The van der Waals surface area contributed by atoms with Crippen molar-refractivity contribution in [3.8, 4) is 0 Å². The molecule has 0 saturated carbocycles. The van der Waals surface area contributed by atoms with Gasteiger partial charge in [0.15, 0.2) is 30.6 Å². The van der Waals surface area contributed by atoms with Crippen LogP contribution in [0.1, 0.15) is 129 Å². The minimum atomic E-state index is -1.65. The zero-order chi connectivity index (χ0) is 52.4. The van der Waals surface area contributed by atoms with E-state index in [-0.39, 0.29) is 36.8 Å². The van der Waals surface area contributed by atoms with Crippen LogP contribution in [0.3, 0.4) is 0 Å². The number of hydrogen-bond acceptors (Lipinski definition) is 16. The fourth-order valence-corrected chi connectivity index (χ4v) is 11.7. The Hall–Kier alpha value is -3.55. The summed E-state index contributed by atoms with van der Waals surface area (Å²) in [7, 11) is 7.04. The Bertz CT molecular complexity index is 2070. The lowest BCUT2D eigenvalue weighted by Crippen LogP contribution is -2.65. The van der Waals surface area contributed by atoms with E-state index >= 15 is 0 Å². The Morgan fingerprint density at radius 2 is 1.30 bits per heavy atom. The number of esters is 3. The maximum atomic E-state index is 15.0. The van der Waals surface area contributed by atoms with Crippen molar-refractivity contribution in [2.24, 2.45) is 23.7 Å². The van der Waals surface area contributed by atoms with Gasteiger partial charge in [-0.15, -0.1) is 0 Å². The van der Waals surface area contributed by atoms with Crippen molar-refractivity contribution in [2.75, 3.05) is 28.3 Å². The predicted octanol–water partition coefficient (Wildman–Crippen LogP) is 7.76. The first-order valence-corrected chi connectivity index (χ1v) is 25.5. The van der Waals surface area contributed by atoms with Crippen molar-refractivity contribution in [3.63, 3.8) is 0 Å². The summed E-state index contributed by atoms with van der Waals surface area (Å²) in [5.74, 6) is -5.19. The highest BCUT2D eigenvalue weighted by Gasteiger charge is 2.58. The average molecular weight is 998 g/mol. The second-order valence-corrected chi connectivity index (χ2v) is 21.9. The van der Waals surface area contributed by atoms with Gasteiger partial charge in [0.2, 0.25) is 0 Å². The lowest BCUT2D eigenvalue weighted by Gasteiger charge is -2.54. The first kappa shape index (κ1) is 56.7. The molecule has 4 aliphatic rings. The standard InChI is InChI=1S/C55H83NO15/c1-17-40-55(12,60)46-33(4)42(70-52(8,9)71-46)31(2)29-53(10,61-15)45(69-51-44(39(56(13)14)28-32(3)63-51)67-49(58)37-24-20-18-21-25-37)34(5)43(35(6)48(57)65-40)66-41-30-54(11,62-16)47(36(7)64-41)68-50(59)38-26-22-19-23-27-38/h18-27,31-36,39-47,51,60H,17,28-30H2,1-16H3/t31-,32-,33+,34+,35-,36+,39+,40-,41?,42+,43+,44-,45-,46-,47+,51?,53+,54-,55-/m1/s1. The summed E-state index contributed by atoms with van der Waals surface area (Å²) in [6.45, 7) is 22.4. The van der Waals surface area contributed by atoms with Crippen molar-refractivity contribution in [1.82, 2.24) is 4.90 Å². The molecule has 4 heterocycles. The molecule has 0 spiro atoms. The minimum absolute atomic E-state index is 0.0962. The van der Waals surface area contributed by atoms with E-state index < -0.39 is 114 Å². The van der Waals surface area contributed by atoms with E-state index in [1.54, 1.807) is 83.5 Å². The summed E-state index contributed by atoms with van der Waals surface area (Å²) in [6.07, 6.45) is -7.93. The third-order valence-electron chi connectivity index (χ3n) is 15.7. The fourth-order valence-electron chi connectivity index (χ4n) is 11.7. The molecule has 16 heteroatoms. The molecule has 1 N–H and O–H groups in total. The largest absolute Gasteiger partial charge is 0.459 e. The van der Waals surface area contributed by atoms with Gasteiger partial charge in [-0.05, 0) is 119 Å². The number of likely N-dealkylation sites (N-methyl/N-ethyl adjacent to an activating group) is 1. The molecule has 0 aromatic heterocycles. The van der Waals surface area contributed by atoms with E-state index in [0.29, 0.717) is 24.0 Å². The molecule has 4 fully saturated rings. The molecule has 19 atom stereocenters. The van der Waals surface area contributed by atoms with Crippen LogP contribution in [-0.2, 0) is 56.9 Å². The lowest BCUT2D eigenvalue weighted by atomic mass is 9.72. The number of ether oxygens (including phenoxy) is 11. The highest BCUT2D eigenvalue weighted by molar-refractivity contribution is 5.90. The molecule has 71 heavy (non-hydrogen) atoms. The van der Waals surface area contributed by atoms with Gasteiger partial charge in [-0.3, -0.25) is 4.79 Å². The summed E-state index contributed by atoms with van der Waals surface area (Å²) in [4.78, 5) is 44.4. The van der Waals surface area contributed by atoms with Crippen LogP contribution in [0, 0.1) is 23.7 Å². The molecule has 2 aromatic carbocycles. The lowest BCUT2D eigenvalue weighted by molar-refractivity contribution is -0.361. The molecule has 2 bridgehead atoms. The molecule has 0 radical (unpaired) electrons. The number of carbonyl (C=O) groups is 3. The molecule has 4 aliphatic heterocycles. The van der Waals surface area contributed by atoms with Crippen LogP contribution in [0.5, 0.6) is 0 Å². The molecular formula is C55H83NO15. The van der Waals surface area contributed by atoms with Crippen LogP contribution in [0.2, 0.25) is 0 Å². The second kappa shape index (κ2) is 22.9. The van der Waals surface area contributed by atoms with E-state index in [0.717, 1.165) is 0 Å². The van der Waals surface area contributed by atoms with Crippen LogP contribution in [0.4, 0.5) is 0 Å². The highest BCUT2D eigenvalue weighted by Crippen LogP contribution is 2.46.